The molecule has 0 saturated carbocycles. The van der Waals surface area contributed by atoms with E-state index in [1.165, 1.54) is 102 Å². The van der Waals surface area contributed by atoms with Crippen molar-refractivity contribution in [3.63, 3.8) is 0 Å². The van der Waals surface area contributed by atoms with Crippen molar-refractivity contribution in [1.29, 1.82) is 0 Å². The van der Waals surface area contributed by atoms with E-state index < -0.39 is 83.7 Å². The molecule has 0 spiro atoms. The Hall–Kier alpha value is -3.32. The molecule has 1 aliphatic rings. The van der Waals surface area contributed by atoms with Crippen molar-refractivity contribution in [2.45, 2.75) is 250 Å². The fourth-order valence-corrected chi connectivity index (χ4v) is 10.8. The summed E-state index contributed by atoms with van der Waals surface area (Å²) in [7, 11) is -10.9. The molecule has 0 amide bonds. The molecule has 9 atom stereocenters. The van der Waals surface area contributed by atoms with Crippen LogP contribution in [0.3, 0.4) is 0 Å². The number of aromatic nitrogens is 2. The molecule has 19 nitrogen and oxygen atoms in total. The van der Waals surface area contributed by atoms with Crippen LogP contribution in [-0.2, 0) is 46.3 Å². The highest BCUT2D eigenvalue weighted by Crippen LogP contribution is 2.60. The number of nitrogens with two attached hydrogens (primary N) is 1. The van der Waals surface area contributed by atoms with Crippen molar-refractivity contribution in [3.05, 3.63) is 71.4 Å². The minimum absolute atomic E-state index is 0.0401. The molecule has 1 saturated heterocycles. The Morgan fingerprint density at radius 1 is 0.705 bits per heavy atom. The molecule has 2 rings (SSSR count). The van der Waals surface area contributed by atoms with E-state index in [0.717, 1.165) is 68.0 Å². The van der Waals surface area contributed by atoms with Crippen molar-refractivity contribution >= 4 is 33.4 Å². The van der Waals surface area contributed by atoms with Crippen LogP contribution < -0.4 is 11.4 Å². The van der Waals surface area contributed by atoms with Gasteiger partial charge in [0.15, 0.2) is 12.3 Å². The largest absolute Gasteiger partial charge is 0.481 e. The van der Waals surface area contributed by atoms with Crippen LogP contribution >= 0.6 is 15.6 Å². The second kappa shape index (κ2) is 43.4. The molecule has 78 heavy (non-hydrogen) atoms. The lowest BCUT2D eigenvalue weighted by molar-refractivity contribution is -0.161. The summed E-state index contributed by atoms with van der Waals surface area (Å²) in [4.78, 5) is 62.1. The van der Waals surface area contributed by atoms with E-state index in [9.17, 15) is 48.6 Å². The van der Waals surface area contributed by atoms with E-state index in [0.29, 0.717) is 32.1 Å². The molecular weight excluding hydrogens is 1040 g/mol. The molecule has 1 fully saturated rings. The maximum Gasteiger partial charge on any atom is 0.481 e. The number of carbonyl (C=O) groups excluding carboxylic acids is 2. The number of esters is 2. The number of hydrogen-bond donors (Lipinski definition) is 6. The third-order valence-electron chi connectivity index (χ3n) is 13.5. The number of hydrogen-bond acceptors (Lipinski definition) is 16. The van der Waals surface area contributed by atoms with Crippen LogP contribution in [-0.4, -0.2) is 96.9 Å². The van der Waals surface area contributed by atoms with Crippen molar-refractivity contribution in [2.24, 2.45) is 5.92 Å². The summed E-state index contributed by atoms with van der Waals surface area (Å²) in [6.07, 6.45) is 39.6. The third kappa shape index (κ3) is 35.4. The molecule has 448 valence electrons. The third-order valence-corrected chi connectivity index (χ3v) is 16.1. The molecular formula is C57H99N3O16P2. The van der Waals surface area contributed by atoms with Gasteiger partial charge in [-0.2, -0.15) is 9.29 Å². The van der Waals surface area contributed by atoms with E-state index in [2.05, 4.69) is 48.3 Å². The highest BCUT2D eigenvalue weighted by atomic mass is 31.3. The number of aliphatic hydroxyl groups is 3. The van der Waals surface area contributed by atoms with Crippen molar-refractivity contribution in [1.82, 2.24) is 9.55 Å². The minimum atomic E-state index is -5.45. The monoisotopic (exact) mass is 1140 g/mol. The first-order valence-electron chi connectivity index (χ1n) is 29.1. The van der Waals surface area contributed by atoms with Crippen molar-refractivity contribution < 1.29 is 71.4 Å². The second-order valence-electron chi connectivity index (χ2n) is 20.6. The lowest BCUT2D eigenvalue weighted by atomic mass is 9.99. The van der Waals surface area contributed by atoms with Crippen LogP contribution in [0.25, 0.3) is 0 Å². The van der Waals surface area contributed by atoms with E-state index in [1.807, 2.05) is 30.4 Å². The molecule has 1 aliphatic heterocycles. The van der Waals surface area contributed by atoms with Gasteiger partial charge in [-0.15, -0.1) is 0 Å². The van der Waals surface area contributed by atoms with E-state index in [-0.39, 0.29) is 24.8 Å². The Labute approximate surface area is 465 Å². The van der Waals surface area contributed by atoms with Crippen LogP contribution in [0.5, 0.6) is 0 Å². The first kappa shape index (κ1) is 70.8. The number of nitrogens with zero attached hydrogens (tertiary/aromatic N) is 2. The number of anilines is 1. The van der Waals surface area contributed by atoms with Gasteiger partial charge in [0, 0.05) is 19.0 Å². The number of phosphoric ester groups is 2. The molecule has 1 aromatic rings. The van der Waals surface area contributed by atoms with Crippen LogP contribution in [0.15, 0.2) is 65.7 Å². The summed E-state index contributed by atoms with van der Waals surface area (Å²) in [6.45, 7) is 4.31. The smallest absolute Gasteiger partial charge is 0.462 e. The zero-order chi connectivity index (χ0) is 57.3. The van der Waals surface area contributed by atoms with Crippen LogP contribution in [0.4, 0.5) is 5.82 Å². The first-order chi connectivity index (χ1) is 37.5. The van der Waals surface area contributed by atoms with Crippen LogP contribution in [0.2, 0.25) is 0 Å². The zero-order valence-corrected chi connectivity index (χ0v) is 49.0. The summed E-state index contributed by atoms with van der Waals surface area (Å²) in [5.74, 6) is -0.509. The molecule has 2 heterocycles. The fourth-order valence-electron chi connectivity index (χ4n) is 8.65. The normalized spacial score (nSPS) is 19.7. The zero-order valence-electron chi connectivity index (χ0n) is 47.2. The maximum absolute atomic E-state index is 12.9. The molecule has 0 radical (unpaired) electrons. The number of phosphoric acid groups is 2. The predicted molar refractivity (Wildman–Crippen MR) is 304 cm³/mol. The highest BCUT2D eigenvalue weighted by molar-refractivity contribution is 7.61. The molecule has 21 heteroatoms. The summed E-state index contributed by atoms with van der Waals surface area (Å²) in [5, 5.41) is 30.7. The summed E-state index contributed by atoms with van der Waals surface area (Å²) in [5.41, 5.74) is 4.59. The topological polar surface area (TPSA) is 286 Å². The van der Waals surface area contributed by atoms with Gasteiger partial charge in [0.25, 0.3) is 0 Å². The highest BCUT2D eigenvalue weighted by Gasteiger charge is 2.46. The Bertz CT molecular complexity index is 2030. The Morgan fingerprint density at radius 2 is 1.22 bits per heavy atom. The van der Waals surface area contributed by atoms with Gasteiger partial charge in [-0.3, -0.25) is 23.2 Å². The van der Waals surface area contributed by atoms with E-state index >= 15 is 0 Å². The number of ether oxygens (including phenoxy) is 3. The number of aliphatic hydroxyl groups excluding tert-OH is 3. The summed E-state index contributed by atoms with van der Waals surface area (Å²) < 4.78 is 56.9. The maximum atomic E-state index is 12.9. The minimum Gasteiger partial charge on any atom is -0.462 e. The van der Waals surface area contributed by atoms with Crippen LogP contribution in [0.1, 0.15) is 220 Å². The predicted octanol–water partition coefficient (Wildman–Crippen LogP) is 12.1. The molecule has 4 unspecified atom stereocenters. The van der Waals surface area contributed by atoms with Crippen molar-refractivity contribution in [2.75, 3.05) is 25.6 Å². The van der Waals surface area contributed by atoms with Crippen LogP contribution in [0, 0.1) is 5.92 Å². The number of nitrogen functional groups attached to an aromatic ring is 1. The molecule has 0 bridgehead atoms. The van der Waals surface area contributed by atoms with Gasteiger partial charge in [-0.25, -0.2) is 13.9 Å². The number of rotatable bonds is 48. The van der Waals surface area contributed by atoms with Crippen molar-refractivity contribution in [3.8, 4) is 0 Å². The Morgan fingerprint density at radius 3 is 1.77 bits per heavy atom. The lowest BCUT2D eigenvalue weighted by Crippen LogP contribution is -2.36. The lowest BCUT2D eigenvalue weighted by Gasteiger charge is -2.21. The Balaban J connectivity index is 1.76. The number of carbonyl (C=O) groups is 2. The number of unbranched alkanes of at least 4 members (excludes halogenated alkanes) is 18. The molecule has 0 aliphatic carbocycles. The Kier molecular flexibility index (Phi) is 39.4. The molecule has 0 aromatic carbocycles. The second-order valence-corrected chi connectivity index (χ2v) is 23.6. The van der Waals surface area contributed by atoms with Gasteiger partial charge in [0.2, 0.25) is 0 Å². The van der Waals surface area contributed by atoms with Gasteiger partial charge in [-0.05, 0) is 63.4 Å². The average molecular weight is 1140 g/mol. The number of allylic oxidation sites excluding steroid dienone is 7. The van der Waals surface area contributed by atoms with Gasteiger partial charge in [0.1, 0.15) is 30.7 Å². The first-order valence-corrected chi connectivity index (χ1v) is 32.1. The standard InChI is InChI=1S/C57H99N3O16P2/c1-4-37-48(61)39-34-30-26-22-18-14-12-16-20-24-28-32-36-41-53(63)74-49(44-71-52(62)40-35-31-27-23-19-15-11-9-7-6-8-10-13-17-21-25-29-33-38-47(3)5-2)45-72-77(67,68)76-78(69,70)73-46-50-54(64)55(65)56(75-50)60-43-42-51(58)59-57(60)66/h12,16,18,22,24,28,30,34,42-43,47-50,54-56,61,64-65H,4-11,13-15,17,19-21,23,25-27,29,31-33,35-41,44-46H2,1-3H3,(H,67,68)(H,69,70)(H2,58,59,66)/b16-12-,22-18-,28-24-,34-30-/t47?,48?,49-,50-,54-,55-,56-/m1/s1. The van der Waals surface area contributed by atoms with Gasteiger partial charge >= 0.3 is 33.3 Å². The molecule has 7 N–H and O–H groups in total. The summed E-state index contributed by atoms with van der Waals surface area (Å²) >= 11 is 0. The fraction of sp³-hybridized carbons (Fsp3) is 0.754. The van der Waals surface area contributed by atoms with Gasteiger partial charge < -0.3 is 45.1 Å². The SMILES string of the molecule is CCCC(O)C/C=C\C/C=C\C/C=C\C/C=C\CCCC(=O)O[C@H](COC(=O)CCCCCCCCCCCCCCCCCCCCC(C)CC)COP(=O)(O)OP(=O)(O)OC[C@H]1O[C@@H](n2ccc(N)nc2=O)[C@H](O)[C@@H]1O. The average Bonchev–Trinajstić information content (AvgIpc) is 3.67. The molecule has 1 aromatic heterocycles. The van der Waals surface area contributed by atoms with E-state index in [4.69, 9.17) is 29.0 Å². The van der Waals surface area contributed by atoms with Gasteiger partial charge in [0.05, 0.1) is 19.3 Å². The quantitative estimate of drug-likeness (QED) is 0.0153. The summed E-state index contributed by atoms with van der Waals surface area (Å²) in [6, 6.07) is 1.24. The van der Waals surface area contributed by atoms with Gasteiger partial charge in [-0.1, -0.05) is 198 Å². The van der Waals surface area contributed by atoms with E-state index in [1.54, 1.807) is 0 Å².